The molecule has 136 valence electrons. The smallest absolute Gasteiger partial charge is 0.299 e. The van der Waals surface area contributed by atoms with Gasteiger partial charge in [-0.15, -0.1) is 11.3 Å². The van der Waals surface area contributed by atoms with E-state index in [2.05, 4.69) is 9.62 Å². The van der Waals surface area contributed by atoms with Gasteiger partial charge in [0.2, 0.25) is 10.0 Å². The number of rotatable bonds is 6. The molecular formula is C15H21F3N2O2S2. The van der Waals surface area contributed by atoms with Crippen molar-refractivity contribution in [3.63, 3.8) is 0 Å². The maximum atomic E-state index is 12.7. The molecule has 2 fully saturated rings. The van der Waals surface area contributed by atoms with Crippen LogP contribution in [0.1, 0.15) is 36.1 Å². The summed E-state index contributed by atoms with van der Waals surface area (Å²) in [4.78, 5) is 1.55. The SMILES string of the molecule is O=S(=O)(NCC1CCCN(Cc2csc(C(F)(F)F)c2)C1)C1CC1. The molecule has 1 N–H and O–H groups in total. The minimum absolute atomic E-state index is 0.216. The van der Waals surface area contributed by atoms with Crippen molar-refractivity contribution in [1.29, 1.82) is 0 Å². The molecule has 1 saturated carbocycles. The molecule has 1 unspecified atom stereocenters. The van der Waals surface area contributed by atoms with Gasteiger partial charge in [0.1, 0.15) is 4.88 Å². The van der Waals surface area contributed by atoms with Crippen molar-refractivity contribution >= 4 is 21.4 Å². The van der Waals surface area contributed by atoms with Crippen LogP contribution in [0.25, 0.3) is 0 Å². The number of sulfonamides is 1. The fourth-order valence-corrected chi connectivity index (χ4v) is 5.29. The van der Waals surface area contributed by atoms with Gasteiger partial charge in [-0.25, -0.2) is 13.1 Å². The average molecular weight is 382 g/mol. The van der Waals surface area contributed by atoms with Crippen LogP contribution in [0.5, 0.6) is 0 Å². The van der Waals surface area contributed by atoms with Gasteiger partial charge >= 0.3 is 6.18 Å². The van der Waals surface area contributed by atoms with E-state index in [0.29, 0.717) is 25.2 Å². The molecule has 24 heavy (non-hydrogen) atoms. The first-order valence-electron chi connectivity index (χ1n) is 8.09. The van der Waals surface area contributed by atoms with Gasteiger partial charge in [-0.1, -0.05) is 0 Å². The summed E-state index contributed by atoms with van der Waals surface area (Å²) in [5.74, 6) is 0.216. The van der Waals surface area contributed by atoms with Gasteiger partial charge in [0.05, 0.1) is 5.25 Å². The zero-order chi connectivity index (χ0) is 17.4. The molecule has 2 heterocycles. The highest BCUT2D eigenvalue weighted by molar-refractivity contribution is 7.90. The fourth-order valence-electron chi connectivity index (χ4n) is 3.06. The molecule has 1 atom stereocenters. The Hall–Kier alpha value is -0.640. The largest absolute Gasteiger partial charge is 0.425 e. The first kappa shape index (κ1) is 18.2. The second-order valence-corrected chi connectivity index (χ2v) is 9.61. The van der Waals surface area contributed by atoms with Crippen LogP contribution in [0.2, 0.25) is 0 Å². The Bertz CT molecular complexity index is 669. The van der Waals surface area contributed by atoms with E-state index in [1.54, 1.807) is 5.38 Å². The second-order valence-electron chi connectivity index (χ2n) is 6.65. The predicted octanol–water partition coefficient (Wildman–Crippen LogP) is 3.06. The summed E-state index contributed by atoms with van der Waals surface area (Å²) < 4.78 is 64.4. The van der Waals surface area contributed by atoms with Crippen LogP contribution < -0.4 is 4.72 Å². The van der Waals surface area contributed by atoms with Crippen LogP contribution >= 0.6 is 11.3 Å². The number of hydrogen-bond acceptors (Lipinski definition) is 4. The molecule has 0 radical (unpaired) electrons. The lowest BCUT2D eigenvalue weighted by Gasteiger charge is -2.32. The van der Waals surface area contributed by atoms with Crippen molar-refractivity contribution in [1.82, 2.24) is 9.62 Å². The Balaban J connectivity index is 1.51. The fraction of sp³-hybridized carbons (Fsp3) is 0.733. The van der Waals surface area contributed by atoms with E-state index in [1.807, 2.05) is 0 Å². The van der Waals surface area contributed by atoms with E-state index >= 15 is 0 Å². The summed E-state index contributed by atoms with van der Waals surface area (Å²) in [5, 5.41) is 1.34. The Kier molecular flexibility index (Phi) is 5.25. The van der Waals surface area contributed by atoms with Crippen molar-refractivity contribution in [3.05, 3.63) is 21.9 Å². The zero-order valence-corrected chi connectivity index (χ0v) is 14.8. The molecule has 0 bridgehead atoms. The van der Waals surface area contributed by atoms with Gasteiger partial charge in [0.25, 0.3) is 0 Å². The third kappa shape index (κ3) is 4.71. The van der Waals surface area contributed by atoms with Crippen LogP contribution in [-0.2, 0) is 22.7 Å². The summed E-state index contributed by atoms with van der Waals surface area (Å²) in [6, 6.07) is 1.21. The Morgan fingerprint density at radius 3 is 2.67 bits per heavy atom. The molecule has 2 aliphatic rings. The van der Waals surface area contributed by atoms with Crippen LogP contribution in [0.4, 0.5) is 13.2 Å². The monoisotopic (exact) mass is 382 g/mol. The topological polar surface area (TPSA) is 49.4 Å². The molecule has 1 aliphatic carbocycles. The number of nitrogens with one attached hydrogen (secondary N) is 1. The van der Waals surface area contributed by atoms with Gasteiger partial charge in [-0.05, 0) is 55.2 Å². The summed E-state index contributed by atoms with van der Waals surface area (Å²) >= 11 is 0.726. The summed E-state index contributed by atoms with van der Waals surface area (Å²) in [5.41, 5.74) is 0.673. The lowest BCUT2D eigenvalue weighted by Crippen LogP contribution is -2.41. The number of piperidine rings is 1. The second kappa shape index (κ2) is 6.93. The van der Waals surface area contributed by atoms with Crippen LogP contribution in [0.3, 0.4) is 0 Å². The third-order valence-corrected chi connectivity index (χ3v) is 7.42. The first-order valence-corrected chi connectivity index (χ1v) is 10.5. The Labute approximate surface area is 144 Å². The van der Waals surface area contributed by atoms with E-state index in [9.17, 15) is 21.6 Å². The molecule has 9 heteroatoms. The normalized spacial score (nSPS) is 23.5. The van der Waals surface area contributed by atoms with Gasteiger partial charge in [-0.3, -0.25) is 4.90 Å². The molecule has 3 rings (SSSR count). The van der Waals surface area contributed by atoms with Crippen molar-refractivity contribution in [2.24, 2.45) is 5.92 Å². The summed E-state index contributed by atoms with van der Waals surface area (Å²) in [6.45, 7) is 2.46. The lowest BCUT2D eigenvalue weighted by atomic mass is 9.98. The number of likely N-dealkylation sites (tertiary alicyclic amines) is 1. The molecule has 0 amide bonds. The standard InChI is InChI=1S/C15H21F3N2O2S2/c16-15(17,18)14-6-12(10-23-14)9-20-5-1-2-11(8-20)7-19-24(21,22)13-3-4-13/h6,10-11,13,19H,1-5,7-9H2. The molecular weight excluding hydrogens is 361 g/mol. The molecule has 0 spiro atoms. The maximum Gasteiger partial charge on any atom is 0.425 e. The minimum Gasteiger partial charge on any atom is -0.299 e. The van der Waals surface area contributed by atoms with Crippen LogP contribution in [-0.4, -0.2) is 38.2 Å². The van der Waals surface area contributed by atoms with E-state index in [1.165, 1.54) is 6.07 Å². The highest BCUT2D eigenvalue weighted by Gasteiger charge is 2.36. The molecule has 0 aromatic carbocycles. The number of thiophene rings is 1. The maximum absolute atomic E-state index is 12.7. The number of nitrogens with zero attached hydrogens (tertiary/aromatic N) is 1. The molecule has 1 saturated heterocycles. The van der Waals surface area contributed by atoms with E-state index in [-0.39, 0.29) is 11.2 Å². The minimum atomic E-state index is -4.28. The van der Waals surface area contributed by atoms with Gasteiger partial charge < -0.3 is 0 Å². The lowest BCUT2D eigenvalue weighted by molar-refractivity contribution is -0.134. The van der Waals surface area contributed by atoms with Crippen molar-refractivity contribution in [2.75, 3.05) is 19.6 Å². The number of alkyl halides is 3. The van der Waals surface area contributed by atoms with Crippen molar-refractivity contribution in [3.8, 4) is 0 Å². The van der Waals surface area contributed by atoms with Gasteiger partial charge in [0.15, 0.2) is 0 Å². The average Bonchev–Trinajstić information content (AvgIpc) is 3.26. The Morgan fingerprint density at radius 1 is 1.29 bits per heavy atom. The van der Waals surface area contributed by atoms with E-state index in [0.717, 1.165) is 43.6 Å². The number of halogens is 3. The highest BCUT2D eigenvalue weighted by atomic mass is 32.2. The van der Waals surface area contributed by atoms with Crippen LogP contribution in [0.15, 0.2) is 11.4 Å². The Morgan fingerprint density at radius 2 is 2.04 bits per heavy atom. The van der Waals surface area contributed by atoms with Crippen molar-refractivity contribution < 1.29 is 21.6 Å². The highest BCUT2D eigenvalue weighted by Crippen LogP contribution is 2.34. The predicted molar refractivity (Wildman–Crippen MR) is 87.3 cm³/mol. The third-order valence-electron chi connectivity index (χ3n) is 4.48. The summed E-state index contributed by atoms with van der Waals surface area (Å²) in [6.07, 6.45) is -0.917. The molecule has 4 nitrogen and oxygen atoms in total. The molecule has 1 aromatic heterocycles. The molecule has 1 aromatic rings. The quantitative estimate of drug-likeness (QED) is 0.823. The van der Waals surface area contributed by atoms with Crippen LogP contribution in [0, 0.1) is 5.92 Å². The van der Waals surface area contributed by atoms with E-state index in [4.69, 9.17) is 0 Å². The van der Waals surface area contributed by atoms with Gasteiger partial charge in [0, 0.05) is 19.6 Å². The number of hydrogen-bond donors (Lipinski definition) is 1. The van der Waals surface area contributed by atoms with Gasteiger partial charge in [-0.2, -0.15) is 13.2 Å². The van der Waals surface area contributed by atoms with E-state index < -0.39 is 21.1 Å². The van der Waals surface area contributed by atoms with Crippen molar-refractivity contribution in [2.45, 2.75) is 43.7 Å². The summed E-state index contributed by atoms with van der Waals surface area (Å²) in [7, 11) is -3.17. The zero-order valence-electron chi connectivity index (χ0n) is 13.2. The molecule has 1 aliphatic heterocycles. The first-order chi connectivity index (χ1) is 11.2.